The Bertz CT molecular complexity index is 488. The van der Waals surface area contributed by atoms with Crippen molar-refractivity contribution in [2.24, 2.45) is 11.7 Å². The van der Waals surface area contributed by atoms with E-state index in [-0.39, 0.29) is 11.8 Å². The molecule has 4 heteroatoms. The van der Waals surface area contributed by atoms with E-state index in [1.54, 1.807) is 12.1 Å². The smallest absolute Gasteiger partial charge is 0.163 e. The molecule has 0 radical (unpaired) electrons. The van der Waals surface area contributed by atoms with Gasteiger partial charge in [-0.2, -0.15) is 5.26 Å². The van der Waals surface area contributed by atoms with Crippen molar-refractivity contribution < 1.29 is 9.84 Å². The molecule has 0 unspecified atom stereocenters. The number of rotatable bonds is 3. The summed E-state index contributed by atoms with van der Waals surface area (Å²) in [5.74, 6) is 0.721. The monoisotopic (exact) mass is 260 g/mol. The Balaban J connectivity index is 2.38. The minimum atomic E-state index is -0.301. The topological polar surface area (TPSA) is 79.3 Å². The number of nitriles is 1. The van der Waals surface area contributed by atoms with Gasteiger partial charge < -0.3 is 15.6 Å². The largest absolute Gasteiger partial charge is 0.504 e. The van der Waals surface area contributed by atoms with E-state index in [1.165, 1.54) is 26.4 Å². The number of hydrogen-bond acceptors (Lipinski definition) is 4. The first-order valence-electron chi connectivity index (χ1n) is 6.74. The van der Waals surface area contributed by atoms with E-state index in [1.807, 2.05) is 0 Å². The van der Waals surface area contributed by atoms with Crippen LogP contribution >= 0.6 is 0 Å². The Morgan fingerprint density at radius 3 is 2.63 bits per heavy atom. The number of phenolic OH excluding ortho intramolecular Hbond substituents is 1. The van der Waals surface area contributed by atoms with E-state index < -0.39 is 0 Å². The van der Waals surface area contributed by atoms with Gasteiger partial charge in [0, 0.05) is 11.6 Å². The number of hydrogen-bond donors (Lipinski definition) is 2. The van der Waals surface area contributed by atoms with Crippen LogP contribution in [0.3, 0.4) is 0 Å². The molecule has 0 amide bonds. The zero-order valence-electron chi connectivity index (χ0n) is 11.2. The zero-order chi connectivity index (χ0) is 13.8. The summed E-state index contributed by atoms with van der Waals surface area (Å²) >= 11 is 0. The standard InChI is InChI=1S/C15H20N2O2/c1-19-12-8-7-11(9-16)13(15(12)18)14(17)10-5-3-2-4-6-10/h7-8,10,14,18H,2-6,17H2,1H3/t14-/m1/s1. The van der Waals surface area contributed by atoms with Gasteiger partial charge in [-0.25, -0.2) is 0 Å². The van der Waals surface area contributed by atoms with Crippen molar-refractivity contribution in [2.75, 3.05) is 7.11 Å². The van der Waals surface area contributed by atoms with Crippen LogP contribution in [-0.2, 0) is 0 Å². The molecule has 2 rings (SSSR count). The quantitative estimate of drug-likeness (QED) is 0.875. The van der Waals surface area contributed by atoms with Gasteiger partial charge in [0.25, 0.3) is 0 Å². The Morgan fingerprint density at radius 2 is 2.05 bits per heavy atom. The lowest BCUT2D eigenvalue weighted by molar-refractivity contribution is 0.299. The minimum absolute atomic E-state index is 0.0135. The molecule has 0 aromatic heterocycles. The van der Waals surface area contributed by atoms with Crippen LogP contribution in [0.15, 0.2) is 12.1 Å². The van der Waals surface area contributed by atoms with Crippen LogP contribution in [0.25, 0.3) is 0 Å². The number of ether oxygens (including phenoxy) is 1. The molecule has 1 aromatic carbocycles. The summed E-state index contributed by atoms with van der Waals surface area (Å²) in [4.78, 5) is 0. The SMILES string of the molecule is COc1ccc(C#N)c([C@H](N)C2CCCCC2)c1O. The Morgan fingerprint density at radius 1 is 1.37 bits per heavy atom. The molecule has 0 bridgehead atoms. The first-order valence-corrected chi connectivity index (χ1v) is 6.74. The van der Waals surface area contributed by atoms with Crippen LogP contribution < -0.4 is 10.5 Å². The third-order valence-electron chi connectivity index (χ3n) is 4.01. The molecule has 0 aliphatic heterocycles. The number of aromatic hydroxyl groups is 1. The number of nitrogens with two attached hydrogens (primary N) is 1. The van der Waals surface area contributed by atoms with Crippen molar-refractivity contribution in [1.82, 2.24) is 0 Å². The highest BCUT2D eigenvalue weighted by atomic mass is 16.5. The second kappa shape index (κ2) is 5.94. The number of nitrogens with zero attached hydrogens (tertiary/aromatic N) is 1. The van der Waals surface area contributed by atoms with Gasteiger partial charge in [0.1, 0.15) is 0 Å². The molecule has 102 valence electrons. The van der Waals surface area contributed by atoms with Crippen LogP contribution in [0.1, 0.15) is 49.3 Å². The van der Waals surface area contributed by atoms with E-state index in [4.69, 9.17) is 10.5 Å². The molecule has 0 saturated heterocycles. The van der Waals surface area contributed by atoms with Gasteiger partial charge in [0.05, 0.1) is 18.7 Å². The summed E-state index contributed by atoms with van der Waals surface area (Å²) in [7, 11) is 1.50. The lowest BCUT2D eigenvalue weighted by Crippen LogP contribution is -2.24. The molecule has 1 fully saturated rings. The predicted octanol–water partition coefficient (Wildman–Crippen LogP) is 2.85. The van der Waals surface area contributed by atoms with Gasteiger partial charge in [-0.1, -0.05) is 19.3 Å². The predicted molar refractivity (Wildman–Crippen MR) is 72.9 cm³/mol. The molecular weight excluding hydrogens is 240 g/mol. The van der Waals surface area contributed by atoms with E-state index in [2.05, 4.69) is 6.07 Å². The fourth-order valence-electron chi connectivity index (χ4n) is 2.92. The van der Waals surface area contributed by atoms with Crippen LogP contribution in [0, 0.1) is 17.2 Å². The molecule has 0 spiro atoms. The summed E-state index contributed by atoms with van der Waals surface area (Å²) in [5, 5.41) is 19.4. The first kappa shape index (κ1) is 13.7. The summed E-state index contributed by atoms with van der Waals surface area (Å²) in [5.41, 5.74) is 7.28. The maximum Gasteiger partial charge on any atom is 0.163 e. The van der Waals surface area contributed by atoms with E-state index in [0.29, 0.717) is 22.8 Å². The second-order valence-corrected chi connectivity index (χ2v) is 5.11. The van der Waals surface area contributed by atoms with Crippen LogP contribution in [0.2, 0.25) is 0 Å². The summed E-state index contributed by atoms with van der Waals surface area (Å²) in [6, 6.07) is 5.08. The lowest BCUT2D eigenvalue weighted by Gasteiger charge is -2.29. The Labute approximate surface area is 113 Å². The van der Waals surface area contributed by atoms with Crippen molar-refractivity contribution in [3.63, 3.8) is 0 Å². The van der Waals surface area contributed by atoms with Crippen LogP contribution in [0.4, 0.5) is 0 Å². The van der Waals surface area contributed by atoms with Crippen LogP contribution in [-0.4, -0.2) is 12.2 Å². The summed E-state index contributed by atoms with van der Waals surface area (Å²) < 4.78 is 5.11. The maximum absolute atomic E-state index is 10.2. The van der Waals surface area contributed by atoms with E-state index in [0.717, 1.165) is 12.8 Å². The second-order valence-electron chi connectivity index (χ2n) is 5.11. The lowest BCUT2D eigenvalue weighted by atomic mass is 9.80. The molecular formula is C15H20N2O2. The molecule has 1 saturated carbocycles. The third-order valence-corrected chi connectivity index (χ3v) is 4.01. The van der Waals surface area contributed by atoms with Crippen molar-refractivity contribution in [1.29, 1.82) is 5.26 Å². The van der Waals surface area contributed by atoms with Gasteiger partial charge in [0.15, 0.2) is 11.5 Å². The van der Waals surface area contributed by atoms with Gasteiger partial charge in [-0.3, -0.25) is 0 Å². The normalized spacial score (nSPS) is 17.7. The molecule has 1 aliphatic carbocycles. The molecule has 4 nitrogen and oxygen atoms in total. The average Bonchev–Trinajstić information content (AvgIpc) is 2.47. The summed E-state index contributed by atoms with van der Waals surface area (Å²) in [6.45, 7) is 0. The number of benzene rings is 1. The molecule has 0 heterocycles. The molecule has 3 N–H and O–H groups in total. The van der Waals surface area contributed by atoms with Gasteiger partial charge >= 0.3 is 0 Å². The molecule has 1 aliphatic rings. The van der Waals surface area contributed by atoms with Crippen molar-refractivity contribution in [3.05, 3.63) is 23.3 Å². The van der Waals surface area contributed by atoms with Gasteiger partial charge in [-0.05, 0) is 30.9 Å². The molecule has 19 heavy (non-hydrogen) atoms. The molecule has 1 aromatic rings. The fourth-order valence-corrected chi connectivity index (χ4v) is 2.92. The Hall–Kier alpha value is -1.73. The van der Waals surface area contributed by atoms with Crippen LogP contribution in [0.5, 0.6) is 11.5 Å². The highest BCUT2D eigenvalue weighted by molar-refractivity contribution is 5.55. The zero-order valence-corrected chi connectivity index (χ0v) is 11.2. The fraction of sp³-hybridized carbons (Fsp3) is 0.533. The molecule has 1 atom stereocenters. The third kappa shape index (κ3) is 2.66. The number of methoxy groups -OCH3 is 1. The van der Waals surface area contributed by atoms with Crippen molar-refractivity contribution in [2.45, 2.75) is 38.1 Å². The first-order chi connectivity index (χ1) is 9.19. The highest BCUT2D eigenvalue weighted by Crippen LogP contribution is 2.41. The number of phenols is 1. The average molecular weight is 260 g/mol. The Kier molecular flexibility index (Phi) is 4.28. The van der Waals surface area contributed by atoms with Gasteiger partial charge in [0.2, 0.25) is 0 Å². The van der Waals surface area contributed by atoms with Gasteiger partial charge in [-0.15, -0.1) is 0 Å². The van der Waals surface area contributed by atoms with Crippen molar-refractivity contribution in [3.8, 4) is 17.6 Å². The minimum Gasteiger partial charge on any atom is -0.504 e. The maximum atomic E-state index is 10.2. The van der Waals surface area contributed by atoms with E-state index in [9.17, 15) is 10.4 Å². The van der Waals surface area contributed by atoms with Crippen molar-refractivity contribution >= 4 is 0 Å². The summed E-state index contributed by atoms with van der Waals surface area (Å²) in [6.07, 6.45) is 5.71. The highest BCUT2D eigenvalue weighted by Gasteiger charge is 2.27. The van der Waals surface area contributed by atoms with E-state index >= 15 is 0 Å².